The molecule has 2 heterocycles. The van der Waals surface area contributed by atoms with Gasteiger partial charge in [0, 0.05) is 12.4 Å². The zero-order valence-electron chi connectivity index (χ0n) is 8.77. The second-order valence-corrected chi connectivity index (χ2v) is 4.38. The SMILES string of the molecule is Cc1cncc(C(NN)c2occc2Br)c1. The minimum absolute atomic E-state index is 0.197. The third-order valence-electron chi connectivity index (χ3n) is 2.30. The van der Waals surface area contributed by atoms with Crippen LogP contribution in [0.15, 0.2) is 39.7 Å². The Balaban J connectivity index is 2.40. The van der Waals surface area contributed by atoms with Crippen molar-refractivity contribution in [3.63, 3.8) is 0 Å². The predicted octanol–water partition coefficient (Wildman–Crippen LogP) is 2.30. The average molecular weight is 282 g/mol. The van der Waals surface area contributed by atoms with Crippen LogP contribution in [0.25, 0.3) is 0 Å². The highest BCUT2D eigenvalue weighted by Crippen LogP contribution is 2.28. The predicted molar refractivity (Wildman–Crippen MR) is 64.5 cm³/mol. The Labute approximate surface area is 102 Å². The lowest BCUT2D eigenvalue weighted by Crippen LogP contribution is -2.28. The first kappa shape index (κ1) is 11.3. The summed E-state index contributed by atoms with van der Waals surface area (Å²) in [6.07, 6.45) is 5.19. The second-order valence-electron chi connectivity index (χ2n) is 3.53. The van der Waals surface area contributed by atoms with Gasteiger partial charge in [0.05, 0.1) is 10.7 Å². The van der Waals surface area contributed by atoms with Crippen molar-refractivity contribution in [1.29, 1.82) is 0 Å². The van der Waals surface area contributed by atoms with Crippen molar-refractivity contribution in [2.45, 2.75) is 13.0 Å². The molecule has 2 aromatic rings. The number of nitrogens with two attached hydrogens (primary N) is 1. The molecule has 1 unspecified atom stereocenters. The van der Waals surface area contributed by atoms with Gasteiger partial charge in [0.1, 0.15) is 11.8 Å². The topological polar surface area (TPSA) is 64.1 Å². The van der Waals surface area contributed by atoms with Gasteiger partial charge >= 0.3 is 0 Å². The Bertz CT molecular complexity index is 484. The lowest BCUT2D eigenvalue weighted by atomic mass is 10.1. The van der Waals surface area contributed by atoms with Crippen LogP contribution in [0.4, 0.5) is 0 Å². The van der Waals surface area contributed by atoms with Gasteiger partial charge in [-0.3, -0.25) is 10.8 Å². The van der Waals surface area contributed by atoms with Gasteiger partial charge in [0.15, 0.2) is 0 Å². The summed E-state index contributed by atoms with van der Waals surface area (Å²) in [4.78, 5) is 4.14. The number of rotatable bonds is 3. The Morgan fingerprint density at radius 1 is 1.50 bits per heavy atom. The summed E-state index contributed by atoms with van der Waals surface area (Å²) in [7, 11) is 0. The molecule has 0 fully saturated rings. The molecule has 0 amide bonds. The second kappa shape index (κ2) is 4.78. The van der Waals surface area contributed by atoms with Crippen LogP contribution >= 0.6 is 15.9 Å². The van der Waals surface area contributed by atoms with Crippen molar-refractivity contribution < 1.29 is 4.42 Å². The van der Waals surface area contributed by atoms with E-state index in [1.54, 1.807) is 18.7 Å². The number of halogens is 1. The molecule has 2 rings (SSSR count). The third kappa shape index (κ3) is 2.16. The first-order chi connectivity index (χ1) is 7.72. The Hall–Kier alpha value is -1.17. The van der Waals surface area contributed by atoms with Gasteiger partial charge in [0.2, 0.25) is 0 Å². The van der Waals surface area contributed by atoms with Crippen LogP contribution in [0.3, 0.4) is 0 Å². The molecule has 0 aliphatic carbocycles. The van der Waals surface area contributed by atoms with Gasteiger partial charge in [-0.1, -0.05) is 6.07 Å². The molecule has 16 heavy (non-hydrogen) atoms. The highest BCUT2D eigenvalue weighted by molar-refractivity contribution is 9.10. The first-order valence-corrected chi connectivity index (χ1v) is 5.62. The number of aromatic nitrogens is 1. The van der Waals surface area contributed by atoms with Crippen molar-refractivity contribution in [3.05, 3.63) is 52.1 Å². The summed E-state index contributed by atoms with van der Waals surface area (Å²) >= 11 is 3.41. The fraction of sp³-hybridized carbons (Fsp3) is 0.182. The first-order valence-electron chi connectivity index (χ1n) is 4.83. The van der Waals surface area contributed by atoms with Gasteiger partial charge in [-0.2, -0.15) is 0 Å². The molecule has 3 N–H and O–H groups in total. The minimum Gasteiger partial charge on any atom is -0.466 e. The molecule has 0 aromatic carbocycles. The molecule has 0 spiro atoms. The smallest absolute Gasteiger partial charge is 0.140 e. The molecular formula is C11H12BrN3O. The molecular weight excluding hydrogens is 270 g/mol. The maximum Gasteiger partial charge on any atom is 0.140 e. The van der Waals surface area contributed by atoms with Gasteiger partial charge in [-0.05, 0) is 40.0 Å². The van der Waals surface area contributed by atoms with Crippen molar-refractivity contribution >= 4 is 15.9 Å². The van der Waals surface area contributed by atoms with E-state index in [1.807, 2.05) is 19.1 Å². The van der Waals surface area contributed by atoms with Gasteiger partial charge in [0.25, 0.3) is 0 Å². The largest absolute Gasteiger partial charge is 0.466 e. The van der Waals surface area contributed by atoms with Crippen LogP contribution in [0, 0.1) is 6.92 Å². The Morgan fingerprint density at radius 3 is 2.88 bits per heavy atom. The number of hydrogen-bond donors (Lipinski definition) is 2. The van der Waals surface area contributed by atoms with E-state index in [4.69, 9.17) is 10.3 Å². The van der Waals surface area contributed by atoms with Crippen LogP contribution in [0.2, 0.25) is 0 Å². The van der Waals surface area contributed by atoms with Crippen LogP contribution < -0.4 is 11.3 Å². The molecule has 0 bridgehead atoms. The van der Waals surface area contributed by atoms with Crippen LogP contribution in [-0.4, -0.2) is 4.98 Å². The van der Waals surface area contributed by atoms with Crippen molar-refractivity contribution in [1.82, 2.24) is 10.4 Å². The monoisotopic (exact) mass is 281 g/mol. The number of furan rings is 1. The standard InChI is InChI=1S/C11H12BrN3O/c1-7-4-8(6-14-5-7)10(15-13)11-9(12)2-3-16-11/h2-6,10,15H,13H2,1H3. The van der Waals surface area contributed by atoms with Crippen LogP contribution in [-0.2, 0) is 0 Å². The van der Waals surface area contributed by atoms with Gasteiger partial charge in [-0.25, -0.2) is 5.43 Å². The summed E-state index contributed by atoms with van der Waals surface area (Å²) in [6, 6.07) is 3.66. The minimum atomic E-state index is -0.197. The quantitative estimate of drug-likeness (QED) is 0.669. The normalized spacial score (nSPS) is 12.7. The molecule has 4 nitrogen and oxygen atoms in total. The van der Waals surface area contributed by atoms with Crippen LogP contribution in [0.1, 0.15) is 22.9 Å². The number of hydrazine groups is 1. The highest BCUT2D eigenvalue weighted by atomic mass is 79.9. The lowest BCUT2D eigenvalue weighted by molar-refractivity contribution is 0.449. The maximum atomic E-state index is 5.56. The van der Waals surface area contributed by atoms with Crippen molar-refractivity contribution in [2.75, 3.05) is 0 Å². The van der Waals surface area contributed by atoms with Crippen LogP contribution in [0.5, 0.6) is 0 Å². The molecule has 2 aromatic heterocycles. The number of nitrogens with zero attached hydrogens (tertiary/aromatic N) is 1. The summed E-state index contributed by atoms with van der Waals surface area (Å²) in [6.45, 7) is 1.99. The van der Waals surface area contributed by atoms with E-state index in [0.29, 0.717) is 0 Å². The lowest BCUT2D eigenvalue weighted by Gasteiger charge is -2.14. The molecule has 0 aliphatic heterocycles. The Kier molecular flexibility index (Phi) is 3.38. The zero-order valence-corrected chi connectivity index (χ0v) is 10.4. The molecule has 1 atom stereocenters. The summed E-state index contributed by atoms with van der Waals surface area (Å²) in [5, 5.41) is 0. The van der Waals surface area contributed by atoms with Gasteiger partial charge < -0.3 is 4.42 Å². The molecule has 0 saturated heterocycles. The molecule has 84 valence electrons. The zero-order chi connectivity index (χ0) is 11.5. The Morgan fingerprint density at radius 2 is 2.31 bits per heavy atom. The van der Waals surface area contributed by atoms with E-state index in [2.05, 4.69) is 26.3 Å². The molecule has 0 aliphatic rings. The fourth-order valence-corrected chi connectivity index (χ4v) is 2.00. The van der Waals surface area contributed by atoms with E-state index in [0.717, 1.165) is 21.4 Å². The molecule has 0 radical (unpaired) electrons. The molecule has 0 saturated carbocycles. The van der Waals surface area contributed by atoms with E-state index in [1.165, 1.54) is 0 Å². The van der Waals surface area contributed by atoms with E-state index in [9.17, 15) is 0 Å². The summed E-state index contributed by atoms with van der Waals surface area (Å²) in [5.74, 6) is 6.30. The van der Waals surface area contributed by atoms with E-state index >= 15 is 0 Å². The number of hydrogen-bond acceptors (Lipinski definition) is 4. The average Bonchev–Trinajstić information content (AvgIpc) is 2.67. The maximum absolute atomic E-state index is 5.56. The fourth-order valence-electron chi connectivity index (χ4n) is 1.57. The number of nitrogens with one attached hydrogen (secondary N) is 1. The highest BCUT2D eigenvalue weighted by Gasteiger charge is 2.18. The summed E-state index contributed by atoms with van der Waals surface area (Å²) in [5.41, 5.74) is 4.78. The van der Waals surface area contributed by atoms with E-state index in [-0.39, 0.29) is 6.04 Å². The van der Waals surface area contributed by atoms with E-state index < -0.39 is 0 Å². The number of pyridine rings is 1. The third-order valence-corrected chi connectivity index (χ3v) is 2.96. The van der Waals surface area contributed by atoms with Gasteiger partial charge in [-0.15, -0.1) is 0 Å². The van der Waals surface area contributed by atoms with Crippen molar-refractivity contribution in [3.8, 4) is 0 Å². The summed E-state index contributed by atoms with van der Waals surface area (Å²) < 4.78 is 6.28. The number of aryl methyl sites for hydroxylation is 1. The van der Waals surface area contributed by atoms with Crippen molar-refractivity contribution in [2.24, 2.45) is 5.84 Å². The molecule has 5 heteroatoms.